The number of benzene rings is 2. The van der Waals surface area contributed by atoms with Gasteiger partial charge in [0.1, 0.15) is 0 Å². The topological polar surface area (TPSA) is 93.0 Å². The normalized spacial score (nSPS) is 11.3. The summed E-state index contributed by atoms with van der Waals surface area (Å²) in [6, 6.07) is 10.4. The first-order chi connectivity index (χ1) is 15.6. The van der Waals surface area contributed by atoms with Gasteiger partial charge in [0.05, 0.1) is 29.2 Å². The minimum absolute atomic E-state index is 0.0613. The molecule has 0 aliphatic rings. The number of aryl methyl sites for hydroxylation is 2. The standard InChI is InChI=1S/C21H21F3N6O2S/c1-13-8-9-17(14(2)10-13)30-20(26-27-28-30)33-12-19(32)29(3)11-18(31)25-16-7-5-4-6-15(16)21(22,23)24/h4-10H,11-12H2,1-3H3,(H,25,31). The molecule has 1 N–H and O–H groups in total. The summed E-state index contributed by atoms with van der Waals surface area (Å²) in [5.41, 5.74) is 1.51. The van der Waals surface area contributed by atoms with Crippen LogP contribution < -0.4 is 5.32 Å². The average molecular weight is 479 g/mol. The number of alkyl halides is 3. The number of carbonyl (C=O) groups is 2. The number of nitrogens with one attached hydrogen (secondary N) is 1. The minimum atomic E-state index is -4.61. The van der Waals surface area contributed by atoms with Crippen LogP contribution in [0.25, 0.3) is 5.69 Å². The molecule has 1 heterocycles. The number of thioether (sulfide) groups is 1. The summed E-state index contributed by atoms with van der Waals surface area (Å²) in [4.78, 5) is 25.8. The molecule has 0 bridgehead atoms. The minimum Gasteiger partial charge on any atom is -0.336 e. The lowest BCUT2D eigenvalue weighted by Gasteiger charge is -2.18. The lowest BCUT2D eigenvalue weighted by atomic mass is 10.1. The number of aromatic nitrogens is 4. The number of halogens is 3. The van der Waals surface area contributed by atoms with Gasteiger partial charge in [0.15, 0.2) is 0 Å². The first kappa shape index (κ1) is 24.2. The molecule has 174 valence electrons. The van der Waals surface area contributed by atoms with E-state index in [-0.39, 0.29) is 11.4 Å². The summed E-state index contributed by atoms with van der Waals surface area (Å²) in [5.74, 6) is -1.21. The summed E-state index contributed by atoms with van der Waals surface area (Å²) in [7, 11) is 1.39. The van der Waals surface area contributed by atoms with Crippen molar-refractivity contribution >= 4 is 29.3 Å². The smallest absolute Gasteiger partial charge is 0.336 e. The highest BCUT2D eigenvalue weighted by Crippen LogP contribution is 2.34. The number of hydrogen-bond acceptors (Lipinski definition) is 6. The highest BCUT2D eigenvalue weighted by atomic mass is 32.2. The van der Waals surface area contributed by atoms with Crippen molar-refractivity contribution < 1.29 is 22.8 Å². The fourth-order valence-electron chi connectivity index (χ4n) is 3.03. The molecule has 12 heteroatoms. The molecular weight excluding hydrogens is 457 g/mol. The SMILES string of the molecule is Cc1ccc(-n2nnnc2SCC(=O)N(C)CC(=O)Nc2ccccc2C(F)(F)F)c(C)c1. The van der Waals surface area contributed by atoms with Gasteiger partial charge >= 0.3 is 6.18 Å². The number of hydrogen-bond donors (Lipinski definition) is 1. The molecule has 2 amide bonds. The number of anilines is 1. The molecule has 0 spiro atoms. The van der Waals surface area contributed by atoms with Gasteiger partial charge in [-0.1, -0.05) is 41.6 Å². The highest BCUT2D eigenvalue weighted by molar-refractivity contribution is 7.99. The van der Waals surface area contributed by atoms with Crippen molar-refractivity contribution in [2.75, 3.05) is 24.7 Å². The third-order valence-corrected chi connectivity index (χ3v) is 5.56. The second kappa shape index (κ2) is 10.0. The van der Waals surface area contributed by atoms with E-state index in [4.69, 9.17) is 0 Å². The van der Waals surface area contributed by atoms with Crippen LogP contribution in [0.15, 0.2) is 47.6 Å². The summed E-state index contributed by atoms with van der Waals surface area (Å²) in [5, 5.41) is 14.2. The molecule has 0 saturated carbocycles. The second-order valence-electron chi connectivity index (χ2n) is 7.29. The van der Waals surface area contributed by atoms with E-state index >= 15 is 0 Å². The fourth-order valence-corrected chi connectivity index (χ4v) is 3.86. The Hall–Kier alpha value is -3.41. The zero-order chi connectivity index (χ0) is 24.2. The third kappa shape index (κ3) is 6.09. The molecule has 0 aliphatic carbocycles. The Labute approximate surface area is 192 Å². The van der Waals surface area contributed by atoms with Crippen molar-refractivity contribution in [2.24, 2.45) is 0 Å². The predicted molar refractivity (Wildman–Crippen MR) is 117 cm³/mol. The number of tetrazole rings is 1. The van der Waals surface area contributed by atoms with Gasteiger partial charge in [-0.15, -0.1) is 5.10 Å². The molecule has 3 aromatic rings. The summed E-state index contributed by atoms with van der Waals surface area (Å²) in [6.07, 6.45) is -4.61. The Morgan fingerprint density at radius 3 is 2.58 bits per heavy atom. The van der Waals surface area contributed by atoms with Crippen molar-refractivity contribution in [1.82, 2.24) is 25.1 Å². The van der Waals surface area contributed by atoms with E-state index in [1.807, 2.05) is 32.0 Å². The predicted octanol–water partition coefficient (Wildman–Crippen LogP) is 3.49. The Balaban J connectivity index is 1.59. The molecule has 0 unspecified atom stereocenters. The number of nitrogens with zero attached hydrogens (tertiary/aromatic N) is 5. The Morgan fingerprint density at radius 1 is 1.15 bits per heavy atom. The van der Waals surface area contributed by atoms with Crippen LogP contribution in [0.1, 0.15) is 16.7 Å². The van der Waals surface area contributed by atoms with Gasteiger partial charge < -0.3 is 10.2 Å². The van der Waals surface area contributed by atoms with E-state index in [1.165, 1.54) is 23.9 Å². The van der Waals surface area contributed by atoms with E-state index in [9.17, 15) is 22.8 Å². The van der Waals surface area contributed by atoms with E-state index in [0.717, 1.165) is 45.6 Å². The molecule has 0 atom stereocenters. The number of carbonyl (C=O) groups excluding carboxylic acids is 2. The maximum atomic E-state index is 13.1. The average Bonchev–Trinajstić information content (AvgIpc) is 3.19. The van der Waals surface area contributed by atoms with Gasteiger partial charge in [-0.25, -0.2) is 0 Å². The molecule has 33 heavy (non-hydrogen) atoms. The summed E-state index contributed by atoms with van der Waals surface area (Å²) >= 11 is 1.09. The summed E-state index contributed by atoms with van der Waals surface area (Å²) in [6.45, 7) is 3.49. The van der Waals surface area contributed by atoms with Crippen LogP contribution in [-0.2, 0) is 15.8 Å². The lowest BCUT2D eigenvalue weighted by molar-refractivity contribution is -0.137. The summed E-state index contributed by atoms with van der Waals surface area (Å²) < 4.78 is 40.8. The monoisotopic (exact) mass is 478 g/mol. The molecule has 3 rings (SSSR count). The molecule has 2 aromatic carbocycles. The second-order valence-corrected chi connectivity index (χ2v) is 8.24. The van der Waals surface area contributed by atoms with Crippen LogP contribution in [0, 0.1) is 13.8 Å². The van der Waals surface area contributed by atoms with Gasteiger partial charge in [-0.05, 0) is 48.0 Å². The highest BCUT2D eigenvalue weighted by Gasteiger charge is 2.33. The van der Waals surface area contributed by atoms with Gasteiger partial charge in [-0.2, -0.15) is 17.9 Å². The number of para-hydroxylation sites is 1. The molecule has 0 fully saturated rings. The number of rotatable bonds is 7. The van der Waals surface area contributed by atoms with Crippen LogP contribution in [-0.4, -0.2) is 56.3 Å². The van der Waals surface area contributed by atoms with Gasteiger partial charge in [0.25, 0.3) is 0 Å². The molecule has 0 saturated heterocycles. The van der Waals surface area contributed by atoms with E-state index < -0.39 is 30.1 Å². The maximum Gasteiger partial charge on any atom is 0.418 e. The molecule has 0 radical (unpaired) electrons. The van der Waals surface area contributed by atoms with Crippen LogP contribution in [0.3, 0.4) is 0 Å². The van der Waals surface area contributed by atoms with E-state index in [2.05, 4.69) is 20.8 Å². The Kier molecular flexibility index (Phi) is 7.36. The van der Waals surface area contributed by atoms with Crippen LogP contribution in [0.4, 0.5) is 18.9 Å². The Bertz CT molecular complexity index is 1160. The number of amides is 2. The first-order valence-electron chi connectivity index (χ1n) is 9.75. The zero-order valence-electron chi connectivity index (χ0n) is 18.1. The van der Waals surface area contributed by atoms with Crippen LogP contribution in [0.5, 0.6) is 0 Å². The molecule has 1 aromatic heterocycles. The van der Waals surface area contributed by atoms with Gasteiger partial charge in [0, 0.05) is 7.05 Å². The van der Waals surface area contributed by atoms with Crippen molar-refractivity contribution in [1.29, 1.82) is 0 Å². The first-order valence-corrected chi connectivity index (χ1v) is 10.7. The zero-order valence-corrected chi connectivity index (χ0v) is 18.9. The Morgan fingerprint density at radius 2 is 1.88 bits per heavy atom. The van der Waals surface area contributed by atoms with Crippen molar-refractivity contribution in [3.05, 3.63) is 59.2 Å². The quantitative estimate of drug-likeness (QED) is 0.523. The van der Waals surface area contributed by atoms with Crippen LogP contribution >= 0.6 is 11.8 Å². The molecule has 8 nitrogen and oxygen atoms in total. The molecule has 0 aliphatic heterocycles. The third-order valence-electron chi connectivity index (χ3n) is 4.66. The van der Waals surface area contributed by atoms with Crippen LogP contribution in [0.2, 0.25) is 0 Å². The van der Waals surface area contributed by atoms with Gasteiger partial charge in [-0.3, -0.25) is 9.59 Å². The molecular formula is C21H21F3N6O2S. The van der Waals surface area contributed by atoms with Crippen molar-refractivity contribution in [3.8, 4) is 5.69 Å². The maximum absolute atomic E-state index is 13.1. The number of likely N-dealkylation sites (N-methyl/N-ethyl adjacent to an activating group) is 1. The van der Waals surface area contributed by atoms with E-state index in [1.54, 1.807) is 0 Å². The van der Waals surface area contributed by atoms with Gasteiger partial charge in [0.2, 0.25) is 17.0 Å². The van der Waals surface area contributed by atoms with Crippen molar-refractivity contribution in [2.45, 2.75) is 25.2 Å². The fraction of sp³-hybridized carbons (Fsp3) is 0.286. The lowest BCUT2D eigenvalue weighted by Crippen LogP contribution is -2.36. The van der Waals surface area contributed by atoms with E-state index in [0.29, 0.717) is 5.16 Å². The largest absolute Gasteiger partial charge is 0.418 e. The van der Waals surface area contributed by atoms with Crippen molar-refractivity contribution in [3.63, 3.8) is 0 Å².